The average molecular weight is 335 g/mol. The number of carbonyl (C=O) groups excluding carboxylic acids is 1. The number of benzene rings is 1. The summed E-state index contributed by atoms with van der Waals surface area (Å²) in [5.74, 6) is 0.409. The topological polar surface area (TPSA) is 29.1 Å². The third-order valence-electron chi connectivity index (χ3n) is 1.99. The van der Waals surface area contributed by atoms with Crippen molar-refractivity contribution in [1.29, 1.82) is 0 Å². The molecule has 0 aliphatic carbocycles. The van der Waals surface area contributed by atoms with Crippen LogP contribution in [0, 0.1) is 5.92 Å². The summed E-state index contributed by atoms with van der Waals surface area (Å²) < 4.78 is 0.828. The number of carbonyl (C=O) groups is 1. The van der Waals surface area contributed by atoms with Crippen LogP contribution in [0.15, 0.2) is 28.7 Å². The van der Waals surface area contributed by atoms with Gasteiger partial charge in [0.25, 0.3) is 5.91 Å². The van der Waals surface area contributed by atoms with Crippen LogP contribution in [0.25, 0.3) is 0 Å². The number of amides is 1. The summed E-state index contributed by atoms with van der Waals surface area (Å²) in [4.78, 5) is 11.7. The van der Waals surface area contributed by atoms with Crippen LogP contribution >= 0.6 is 31.9 Å². The molecule has 1 aromatic carbocycles. The van der Waals surface area contributed by atoms with Crippen LogP contribution in [-0.4, -0.2) is 17.8 Å². The molecule has 1 aromatic rings. The minimum atomic E-state index is -0.0322. The molecule has 0 aliphatic rings. The highest BCUT2D eigenvalue weighted by Crippen LogP contribution is 2.15. The fourth-order valence-electron chi connectivity index (χ4n) is 1.06. The number of nitrogens with one attached hydrogen (secondary N) is 1. The SMILES string of the molecule is CC(CBr)CNC(=O)c1ccccc1Br. The van der Waals surface area contributed by atoms with Gasteiger partial charge in [0.2, 0.25) is 0 Å². The maximum absolute atomic E-state index is 11.7. The van der Waals surface area contributed by atoms with E-state index in [0.29, 0.717) is 18.0 Å². The third-order valence-corrected chi connectivity index (χ3v) is 3.79. The lowest BCUT2D eigenvalue weighted by atomic mass is 10.2. The molecule has 1 unspecified atom stereocenters. The molecule has 15 heavy (non-hydrogen) atoms. The molecule has 0 radical (unpaired) electrons. The standard InChI is InChI=1S/C11H13Br2NO/c1-8(6-12)7-14-11(15)9-4-2-3-5-10(9)13/h2-5,8H,6-7H2,1H3,(H,14,15). The largest absolute Gasteiger partial charge is 0.352 e. The van der Waals surface area contributed by atoms with Gasteiger partial charge in [-0.1, -0.05) is 35.0 Å². The fraction of sp³-hybridized carbons (Fsp3) is 0.364. The number of hydrogen-bond donors (Lipinski definition) is 1. The highest BCUT2D eigenvalue weighted by atomic mass is 79.9. The number of hydrogen-bond acceptors (Lipinski definition) is 1. The van der Waals surface area contributed by atoms with Crippen molar-refractivity contribution < 1.29 is 4.79 Å². The monoisotopic (exact) mass is 333 g/mol. The molecule has 0 bridgehead atoms. The molecule has 0 saturated heterocycles. The Morgan fingerprint density at radius 2 is 2.13 bits per heavy atom. The Balaban J connectivity index is 2.58. The van der Waals surface area contributed by atoms with E-state index in [0.717, 1.165) is 9.80 Å². The zero-order chi connectivity index (χ0) is 11.3. The van der Waals surface area contributed by atoms with E-state index in [-0.39, 0.29) is 5.91 Å². The van der Waals surface area contributed by atoms with Gasteiger partial charge in [0, 0.05) is 16.3 Å². The zero-order valence-corrected chi connectivity index (χ0v) is 11.6. The number of alkyl halides is 1. The van der Waals surface area contributed by atoms with Crippen LogP contribution in [0.3, 0.4) is 0 Å². The molecule has 1 rings (SSSR count). The van der Waals surface area contributed by atoms with Gasteiger partial charge in [-0.15, -0.1) is 0 Å². The Labute approximate surface area is 107 Å². The minimum absolute atomic E-state index is 0.0322. The lowest BCUT2D eigenvalue weighted by molar-refractivity contribution is 0.0948. The van der Waals surface area contributed by atoms with Gasteiger partial charge in [-0.05, 0) is 34.0 Å². The fourth-order valence-corrected chi connectivity index (χ4v) is 1.76. The maximum atomic E-state index is 11.7. The van der Waals surface area contributed by atoms with Gasteiger partial charge < -0.3 is 5.32 Å². The Bertz CT molecular complexity index is 341. The Hall–Kier alpha value is -0.350. The highest BCUT2D eigenvalue weighted by molar-refractivity contribution is 9.10. The maximum Gasteiger partial charge on any atom is 0.252 e. The van der Waals surface area contributed by atoms with E-state index < -0.39 is 0 Å². The molecule has 0 aromatic heterocycles. The van der Waals surface area contributed by atoms with Crippen LogP contribution in [0.2, 0.25) is 0 Å². The minimum Gasteiger partial charge on any atom is -0.352 e. The van der Waals surface area contributed by atoms with E-state index in [1.54, 1.807) is 6.07 Å². The zero-order valence-electron chi connectivity index (χ0n) is 8.47. The van der Waals surface area contributed by atoms with Crippen molar-refractivity contribution in [1.82, 2.24) is 5.32 Å². The van der Waals surface area contributed by atoms with Gasteiger partial charge in [-0.25, -0.2) is 0 Å². The van der Waals surface area contributed by atoms with Crippen molar-refractivity contribution >= 4 is 37.8 Å². The first kappa shape index (κ1) is 12.7. The van der Waals surface area contributed by atoms with Crippen molar-refractivity contribution in [2.24, 2.45) is 5.92 Å². The summed E-state index contributed by atoms with van der Waals surface area (Å²) >= 11 is 6.73. The first-order valence-electron chi connectivity index (χ1n) is 4.74. The van der Waals surface area contributed by atoms with Crippen LogP contribution in [0.5, 0.6) is 0 Å². The normalized spacial score (nSPS) is 12.2. The van der Waals surface area contributed by atoms with Gasteiger partial charge in [-0.2, -0.15) is 0 Å². The molecule has 1 amide bonds. The highest BCUT2D eigenvalue weighted by Gasteiger charge is 2.09. The van der Waals surface area contributed by atoms with E-state index in [9.17, 15) is 4.79 Å². The molecule has 0 saturated carbocycles. The van der Waals surface area contributed by atoms with Gasteiger partial charge in [0.15, 0.2) is 0 Å². The smallest absolute Gasteiger partial charge is 0.252 e. The summed E-state index contributed by atoms with van der Waals surface area (Å²) in [6.07, 6.45) is 0. The molecule has 82 valence electrons. The summed E-state index contributed by atoms with van der Waals surface area (Å²) in [6.45, 7) is 2.76. The van der Waals surface area contributed by atoms with Gasteiger partial charge in [0.1, 0.15) is 0 Å². The Kier molecular flexibility index (Phi) is 5.32. The molecule has 1 N–H and O–H groups in total. The molecule has 0 spiro atoms. The lowest BCUT2D eigenvalue weighted by Crippen LogP contribution is -2.28. The molecule has 0 fully saturated rings. The first-order valence-corrected chi connectivity index (χ1v) is 6.65. The second-order valence-corrected chi connectivity index (χ2v) is 4.95. The van der Waals surface area contributed by atoms with E-state index in [2.05, 4.69) is 44.1 Å². The number of halogens is 2. The first-order chi connectivity index (χ1) is 7.15. The van der Waals surface area contributed by atoms with Crippen molar-refractivity contribution in [3.63, 3.8) is 0 Å². The van der Waals surface area contributed by atoms with E-state index in [1.807, 2.05) is 18.2 Å². The summed E-state index contributed by atoms with van der Waals surface area (Å²) in [5, 5.41) is 3.78. The van der Waals surface area contributed by atoms with Gasteiger partial charge in [-0.3, -0.25) is 4.79 Å². The molecular weight excluding hydrogens is 322 g/mol. The predicted molar refractivity (Wildman–Crippen MR) is 69.4 cm³/mol. The second kappa shape index (κ2) is 6.28. The van der Waals surface area contributed by atoms with Gasteiger partial charge in [0.05, 0.1) is 5.56 Å². The Morgan fingerprint density at radius 3 is 2.73 bits per heavy atom. The lowest BCUT2D eigenvalue weighted by Gasteiger charge is -2.10. The van der Waals surface area contributed by atoms with Crippen molar-refractivity contribution in [3.05, 3.63) is 34.3 Å². The second-order valence-electron chi connectivity index (χ2n) is 3.45. The predicted octanol–water partition coefficient (Wildman–Crippen LogP) is 3.21. The van der Waals surface area contributed by atoms with Crippen molar-refractivity contribution in [2.45, 2.75) is 6.92 Å². The van der Waals surface area contributed by atoms with Crippen LogP contribution in [-0.2, 0) is 0 Å². The van der Waals surface area contributed by atoms with Crippen molar-refractivity contribution in [2.75, 3.05) is 11.9 Å². The van der Waals surface area contributed by atoms with E-state index in [4.69, 9.17) is 0 Å². The molecule has 0 aliphatic heterocycles. The summed E-state index contributed by atoms with van der Waals surface area (Å²) in [6, 6.07) is 7.41. The van der Waals surface area contributed by atoms with E-state index in [1.165, 1.54) is 0 Å². The average Bonchev–Trinajstić information content (AvgIpc) is 2.26. The summed E-state index contributed by atoms with van der Waals surface area (Å²) in [5.41, 5.74) is 0.680. The van der Waals surface area contributed by atoms with Crippen LogP contribution in [0.1, 0.15) is 17.3 Å². The molecule has 4 heteroatoms. The number of rotatable bonds is 4. The molecule has 0 heterocycles. The van der Waals surface area contributed by atoms with E-state index >= 15 is 0 Å². The Morgan fingerprint density at radius 1 is 1.47 bits per heavy atom. The van der Waals surface area contributed by atoms with Gasteiger partial charge >= 0.3 is 0 Å². The summed E-state index contributed by atoms with van der Waals surface area (Å²) in [7, 11) is 0. The molecule has 1 atom stereocenters. The molecular formula is C11H13Br2NO. The third kappa shape index (κ3) is 3.95. The van der Waals surface area contributed by atoms with Crippen LogP contribution < -0.4 is 5.32 Å². The quantitative estimate of drug-likeness (QED) is 0.842. The molecule has 2 nitrogen and oxygen atoms in total. The van der Waals surface area contributed by atoms with Crippen LogP contribution in [0.4, 0.5) is 0 Å². The van der Waals surface area contributed by atoms with Crippen molar-refractivity contribution in [3.8, 4) is 0 Å².